The normalized spacial score (nSPS) is 33.9. The van der Waals surface area contributed by atoms with Crippen molar-refractivity contribution in [2.45, 2.75) is 50.7 Å². The summed E-state index contributed by atoms with van der Waals surface area (Å²) in [6, 6.07) is 0.333. The van der Waals surface area contributed by atoms with Gasteiger partial charge in [0.2, 0.25) is 0 Å². The Balaban J connectivity index is 1.34. The lowest BCUT2D eigenvalue weighted by molar-refractivity contribution is -0.0300. The standard InChI is InChI=1S/C18H30N2O4/c21-17(19-15-3-7-24-16(11-15)14-1-2-14)20-6-10-23-13-18(12-20)4-8-22-9-5-18/h14-16H,1-13H2,(H,19,21)/t15-,16+/m0/s1. The van der Waals surface area contributed by atoms with Gasteiger partial charge in [0.15, 0.2) is 0 Å². The summed E-state index contributed by atoms with van der Waals surface area (Å²) < 4.78 is 17.2. The maximum atomic E-state index is 12.8. The molecule has 0 bridgehead atoms. The molecule has 4 fully saturated rings. The minimum absolute atomic E-state index is 0.0767. The van der Waals surface area contributed by atoms with E-state index in [4.69, 9.17) is 14.2 Å². The smallest absolute Gasteiger partial charge is 0.317 e. The van der Waals surface area contributed by atoms with Gasteiger partial charge in [0, 0.05) is 44.4 Å². The topological polar surface area (TPSA) is 60.0 Å². The van der Waals surface area contributed by atoms with Crippen LogP contribution in [0.4, 0.5) is 4.79 Å². The molecule has 0 radical (unpaired) electrons. The van der Waals surface area contributed by atoms with E-state index in [0.29, 0.717) is 19.3 Å². The van der Waals surface area contributed by atoms with Crippen LogP contribution in [0.25, 0.3) is 0 Å². The number of urea groups is 1. The van der Waals surface area contributed by atoms with E-state index in [-0.39, 0.29) is 17.5 Å². The molecule has 4 aliphatic rings. The summed E-state index contributed by atoms with van der Waals surface area (Å²) in [5.41, 5.74) is 0.0817. The van der Waals surface area contributed by atoms with Crippen LogP contribution in [0.1, 0.15) is 38.5 Å². The minimum atomic E-state index is 0.0767. The van der Waals surface area contributed by atoms with Gasteiger partial charge in [-0.15, -0.1) is 0 Å². The fraction of sp³-hybridized carbons (Fsp3) is 0.944. The molecule has 6 heteroatoms. The lowest BCUT2D eigenvalue weighted by Gasteiger charge is -2.39. The minimum Gasteiger partial charge on any atom is -0.381 e. The molecule has 0 aromatic carbocycles. The van der Waals surface area contributed by atoms with Gasteiger partial charge >= 0.3 is 6.03 Å². The quantitative estimate of drug-likeness (QED) is 0.834. The maximum absolute atomic E-state index is 12.8. The Morgan fingerprint density at radius 1 is 1.04 bits per heavy atom. The molecular formula is C18H30N2O4. The summed E-state index contributed by atoms with van der Waals surface area (Å²) in [5.74, 6) is 0.738. The molecule has 24 heavy (non-hydrogen) atoms. The highest BCUT2D eigenvalue weighted by atomic mass is 16.5. The lowest BCUT2D eigenvalue weighted by Crippen LogP contribution is -2.52. The van der Waals surface area contributed by atoms with Crippen molar-refractivity contribution in [2.24, 2.45) is 11.3 Å². The second-order valence-corrected chi connectivity index (χ2v) is 8.00. The van der Waals surface area contributed by atoms with E-state index in [1.807, 2.05) is 4.90 Å². The van der Waals surface area contributed by atoms with Gasteiger partial charge in [-0.25, -0.2) is 4.79 Å². The first-order chi connectivity index (χ1) is 11.7. The Kier molecular flexibility index (Phi) is 4.97. The zero-order valence-electron chi connectivity index (χ0n) is 14.5. The monoisotopic (exact) mass is 338 g/mol. The number of rotatable bonds is 2. The number of carbonyl (C=O) groups excluding carboxylic acids is 1. The van der Waals surface area contributed by atoms with E-state index in [0.717, 1.165) is 64.6 Å². The highest BCUT2D eigenvalue weighted by Gasteiger charge is 2.39. The first-order valence-corrected chi connectivity index (χ1v) is 9.57. The average Bonchev–Trinajstić information content (AvgIpc) is 3.44. The Morgan fingerprint density at radius 2 is 1.88 bits per heavy atom. The summed E-state index contributed by atoms with van der Waals surface area (Å²) in [5, 5.41) is 3.27. The van der Waals surface area contributed by atoms with Crippen LogP contribution in [-0.2, 0) is 14.2 Å². The van der Waals surface area contributed by atoms with Crippen molar-refractivity contribution in [2.75, 3.05) is 46.1 Å². The number of carbonyl (C=O) groups is 1. The fourth-order valence-corrected chi connectivity index (χ4v) is 4.29. The molecule has 1 saturated carbocycles. The van der Waals surface area contributed by atoms with E-state index in [9.17, 15) is 4.79 Å². The fourth-order valence-electron chi connectivity index (χ4n) is 4.29. The average molecular weight is 338 g/mol. The van der Waals surface area contributed by atoms with Crippen molar-refractivity contribution in [1.29, 1.82) is 0 Å². The van der Waals surface area contributed by atoms with Crippen LogP contribution >= 0.6 is 0 Å². The Labute approximate surface area is 144 Å². The third-order valence-corrected chi connectivity index (χ3v) is 6.07. The van der Waals surface area contributed by atoms with Crippen LogP contribution in [0.15, 0.2) is 0 Å². The van der Waals surface area contributed by atoms with Crippen molar-refractivity contribution in [3.63, 3.8) is 0 Å². The van der Waals surface area contributed by atoms with Gasteiger partial charge in [0.1, 0.15) is 0 Å². The van der Waals surface area contributed by atoms with Gasteiger partial charge in [-0.1, -0.05) is 0 Å². The Hall–Kier alpha value is -0.850. The van der Waals surface area contributed by atoms with E-state index in [1.54, 1.807) is 0 Å². The number of nitrogens with zero attached hydrogens (tertiary/aromatic N) is 1. The van der Waals surface area contributed by atoms with Gasteiger partial charge in [-0.3, -0.25) is 0 Å². The first-order valence-electron chi connectivity index (χ1n) is 9.57. The molecule has 3 saturated heterocycles. The third kappa shape index (κ3) is 3.86. The number of hydrogen-bond donors (Lipinski definition) is 1. The van der Waals surface area contributed by atoms with Gasteiger partial charge in [0.25, 0.3) is 0 Å². The molecule has 136 valence electrons. The van der Waals surface area contributed by atoms with E-state index in [2.05, 4.69) is 5.32 Å². The van der Waals surface area contributed by atoms with Crippen molar-refractivity contribution in [3.05, 3.63) is 0 Å². The molecule has 2 amide bonds. The van der Waals surface area contributed by atoms with Crippen molar-refractivity contribution >= 4 is 6.03 Å². The first kappa shape index (κ1) is 16.6. The van der Waals surface area contributed by atoms with Crippen LogP contribution in [0.3, 0.4) is 0 Å². The van der Waals surface area contributed by atoms with Crippen molar-refractivity contribution in [1.82, 2.24) is 10.2 Å². The molecular weight excluding hydrogens is 308 g/mol. The second kappa shape index (κ2) is 7.18. The van der Waals surface area contributed by atoms with Gasteiger partial charge in [-0.2, -0.15) is 0 Å². The largest absolute Gasteiger partial charge is 0.381 e. The second-order valence-electron chi connectivity index (χ2n) is 8.00. The van der Waals surface area contributed by atoms with Gasteiger partial charge in [0.05, 0.1) is 19.3 Å². The molecule has 3 aliphatic heterocycles. The number of amides is 2. The number of hydrogen-bond acceptors (Lipinski definition) is 4. The third-order valence-electron chi connectivity index (χ3n) is 6.07. The summed E-state index contributed by atoms with van der Waals surface area (Å²) in [6.45, 7) is 5.19. The molecule has 0 aromatic heterocycles. The van der Waals surface area contributed by atoms with Crippen LogP contribution < -0.4 is 5.32 Å². The molecule has 3 heterocycles. The Morgan fingerprint density at radius 3 is 2.67 bits per heavy atom. The van der Waals surface area contributed by atoms with Gasteiger partial charge < -0.3 is 24.4 Å². The molecule has 1 N–H and O–H groups in total. The molecule has 2 atom stereocenters. The summed E-state index contributed by atoms with van der Waals surface area (Å²) in [6.07, 6.45) is 6.81. The number of nitrogens with one attached hydrogen (secondary N) is 1. The van der Waals surface area contributed by atoms with Crippen molar-refractivity contribution in [3.8, 4) is 0 Å². The molecule has 0 unspecified atom stereocenters. The SMILES string of the molecule is O=C(N[C@H]1CCO[C@@H](C2CC2)C1)N1CCOCC2(CCOCC2)C1. The van der Waals surface area contributed by atoms with Crippen LogP contribution in [0.5, 0.6) is 0 Å². The Bertz CT molecular complexity index is 448. The van der Waals surface area contributed by atoms with E-state index in [1.165, 1.54) is 12.8 Å². The van der Waals surface area contributed by atoms with Crippen LogP contribution in [-0.4, -0.2) is 69.2 Å². The zero-order valence-corrected chi connectivity index (χ0v) is 14.5. The maximum Gasteiger partial charge on any atom is 0.317 e. The summed E-state index contributed by atoms with van der Waals surface area (Å²) >= 11 is 0. The molecule has 6 nitrogen and oxygen atoms in total. The van der Waals surface area contributed by atoms with Crippen molar-refractivity contribution < 1.29 is 19.0 Å². The highest BCUT2D eigenvalue weighted by Crippen LogP contribution is 2.38. The summed E-state index contributed by atoms with van der Waals surface area (Å²) in [4.78, 5) is 14.8. The lowest BCUT2D eigenvalue weighted by atomic mass is 9.80. The number of ether oxygens (including phenoxy) is 3. The van der Waals surface area contributed by atoms with Crippen LogP contribution in [0.2, 0.25) is 0 Å². The predicted molar refractivity (Wildman–Crippen MR) is 88.9 cm³/mol. The molecule has 0 aromatic rings. The predicted octanol–water partition coefficient (Wildman–Crippen LogP) is 1.78. The van der Waals surface area contributed by atoms with Gasteiger partial charge in [-0.05, 0) is 44.4 Å². The highest BCUT2D eigenvalue weighted by molar-refractivity contribution is 5.74. The zero-order chi connectivity index (χ0) is 16.4. The summed E-state index contributed by atoms with van der Waals surface area (Å²) in [7, 11) is 0. The molecule has 4 rings (SSSR count). The van der Waals surface area contributed by atoms with E-state index >= 15 is 0 Å². The molecule has 1 spiro atoms. The van der Waals surface area contributed by atoms with E-state index < -0.39 is 0 Å². The van der Waals surface area contributed by atoms with Crippen LogP contribution in [0, 0.1) is 11.3 Å². The molecule has 1 aliphatic carbocycles.